The second-order valence-electron chi connectivity index (χ2n) is 10.5. The molecule has 2 bridgehead atoms. The highest BCUT2D eigenvalue weighted by Crippen LogP contribution is 2.69. The van der Waals surface area contributed by atoms with Crippen LogP contribution in [0.15, 0.2) is 49.6 Å². The molecule has 2 amide bonds. The van der Waals surface area contributed by atoms with Crippen LogP contribution in [-0.2, 0) is 19.1 Å². The summed E-state index contributed by atoms with van der Waals surface area (Å²) in [5.74, 6) is -2.43. The zero-order valence-electron chi connectivity index (χ0n) is 22.2. The van der Waals surface area contributed by atoms with Gasteiger partial charge in [-0.3, -0.25) is 14.4 Å². The van der Waals surface area contributed by atoms with Gasteiger partial charge >= 0.3 is 5.97 Å². The Kier molecular flexibility index (Phi) is 8.65. The van der Waals surface area contributed by atoms with Crippen LogP contribution in [0.5, 0.6) is 0 Å². The van der Waals surface area contributed by atoms with Crippen LogP contribution in [0.1, 0.15) is 33.6 Å². The van der Waals surface area contributed by atoms with Gasteiger partial charge in [0.15, 0.2) is 0 Å². The first-order valence-corrected chi connectivity index (χ1v) is 14.5. The average Bonchev–Trinajstić information content (AvgIpc) is 3.50. The van der Waals surface area contributed by atoms with Gasteiger partial charge < -0.3 is 19.6 Å². The Morgan fingerprint density at radius 1 is 1.34 bits per heavy atom. The molecule has 0 radical (unpaired) electrons. The smallest absolute Gasteiger partial charge is 0.311 e. The van der Waals surface area contributed by atoms with Gasteiger partial charge in [-0.2, -0.15) is 0 Å². The Labute approximate surface area is 234 Å². The van der Waals surface area contributed by atoms with E-state index in [0.29, 0.717) is 23.6 Å². The summed E-state index contributed by atoms with van der Waals surface area (Å²) < 4.78 is 4.62. The van der Waals surface area contributed by atoms with Crippen LogP contribution in [0, 0.1) is 23.7 Å². The molecule has 3 fully saturated rings. The highest BCUT2D eigenvalue weighted by Gasteiger charge is 2.77. The van der Waals surface area contributed by atoms with Crippen molar-refractivity contribution >= 4 is 46.8 Å². The lowest BCUT2D eigenvalue weighted by atomic mass is 9.66. The van der Waals surface area contributed by atoms with Gasteiger partial charge in [0, 0.05) is 11.8 Å². The van der Waals surface area contributed by atoms with Gasteiger partial charge in [-0.1, -0.05) is 69.7 Å². The van der Waals surface area contributed by atoms with Crippen LogP contribution in [0.25, 0.3) is 0 Å². The third kappa shape index (κ3) is 4.38. The zero-order valence-corrected chi connectivity index (χ0v) is 23.8. The number of fused-ring (bicyclic) bond motifs is 1. The molecule has 1 N–H and O–H groups in total. The molecule has 9 heteroatoms. The van der Waals surface area contributed by atoms with Crippen molar-refractivity contribution in [2.75, 3.05) is 24.7 Å². The minimum atomic E-state index is -0.885. The Bertz CT molecular complexity index is 1110. The second-order valence-corrected chi connectivity index (χ2v) is 12.5. The summed E-state index contributed by atoms with van der Waals surface area (Å²) >= 11 is 8.12. The standard InChI is InChI=1S/C29H37ClN2O5S/c1-6-13-31(20-12-10-9-11-19(20)30)27(35)25-29-18(5)15-22(38-29)23(28(36)37-14-7-2)24(29)26(34)32(25)21(16-33)17(4)8-3/h6-7,9-12,17-18,21-25,33H,1-2,8,13-16H2,3-5H3/t17-,18?,21-,22-,23+,24-,25?,29?/m0/s1. The fourth-order valence-electron chi connectivity index (χ4n) is 6.67. The third-order valence-electron chi connectivity index (χ3n) is 8.60. The van der Waals surface area contributed by atoms with Crippen LogP contribution in [0.3, 0.4) is 0 Å². The molecule has 0 aromatic heterocycles. The molecule has 3 aliphatic rings. The SMILES string of the molecule is C=CCOC(=O)[C@@H]1[C@@H]2CC(C)C3(S2)C(C(=O)N(CC=C)c2ccccc2Cl)N([C@@H](CO)[C@@H](C)CC)C(=O)[C@H]13. The van der Waals surface area contributed by atoms with E-state index in [-0.39, 0.29) is 48.7 Å². The minimum Gasteiger partial charge on any atom is -0.461 e. The van der Waals surface area contributed by atoms with Crippen molar-refractivity contribution in [2.24, 2.45) is 23.7 Å². The monoisotopic (exact) mass is 560 g/mol. The summed E-state index contributed by atoms with van der Waals surface area (Å²) in [5, 5.41) is 10.8. The van der Waals surface area contributed by atoms with Crippen LogP contribution < -0.4 is 4.90 Å². The number of aliphatic hydroxyl groups excluding tert-OH is 1. The van der Waals surface area contributed by atoms with Crippen molar-refractivity contribution in [2.45, 2.75) is 55.7 Å². The van der Waals surface area contributed by atoms with Crippen molar-refractivity contribution in [3.63, 3.8) is 0 Å². The number of para-hydroxylation sites is 1. The van der Waals surface area contributed by atoms with E-state index >= 15 is 0 Å². The van der Waals surface area contributed by atoms with Crippen molar-refractivity contribution in [1.29, 1.82) is 0 Å². The molecule has 3 aliphatic heterocycles. The quantitative estimate of drug-likeness (QED) is 0.320. The number of benzene rings is 1. The first-order valence-electron chi connectivity index (χ1n) is 13.2. The number of carbonyl (C=O) groups is 3. The molecular formula is C29H37ClN2O5S. The molecule has 8 atom stereocenters. The number of amides is 2. The van der Waals surface area contributed by atoms with Gasteiger partial charge in [0.2, 0.25) is 5.91 Å². The maximum absolute atomic E-state index is 14.7. The molecule has 1 aromatic carbocycles. The lowest BCUT2D eigenvalue weighted by Gasteiger charge is -2.43. The van der Waals surface area contributed by atoms with Gasteiger partial charge in [-0.15, -0.1) is 18.3 Å². The number of thioether (sulfide) groups is 1. The van der Waals surface area contributed by atoms with E-state index in [1.54, 1.807) is 45.8 Å². The summed E-state index contributed by atoms with van der Waals surface area (Å²) in [7, 11) is 0. The molecule has 1 spiro atoms. The van der Waals surface area contributed by atoms with Gasteiger partial charge in [0.1, 0.15) is 12.6 Å². The zero-order chi connectivity index (χ0) is 27.8. The van der Waals surface area contributed by atoms with Gasteiger partial charge in [0.05, 0.1) is 39.9 Å². The molecule has 38 heavy (non-hydrogen) atoms. The number of aliphatic hydroxyl groups is 1. The summed E-state index contributed by atoms with van der Waals surface area (Å²) in [5.41, 5.74) is 0.530. The number of halogens is 1. The van der Waals surface area contributed by atoms with E-state index in [2.05, 4.69) is 20.1 Å². The first kappa shape index (κ1) is 28.7. The largest absolute Gasteiger partial charge is 0.461 e. The number of anilines is 1. The number of esters is 1. The van der Waals surface area contributed by atoms with Crippen LogP contribution in [0.2, 0.25) is 5.02 Å². The molecule has 3 saturated heterocycles. The number of nitrogens with zero attached hydrogens (tertiary/aromatic N) is 2. The summed E-state index contributed by atoms with van der Waals surface area (Å²) in [6.07, 6.45) is 4.55. The molecular weight excluding hydrogens is 524 g/mol. The molecule has 1 aromatic rings. The number of rotatable bonds is 11. The Hall–Kier alpha value is -2.29. The van der Waals surface area contributed by atoms with Gasteiger partial charge in [-0.25, -0.2) is 0 Å². The fourth-order valence-corrected chi connectivity index (χ4v) is 9.30. The molecule has 206 valence electrons. The van der Waals surface area contributed by atoms with Gasteiger partial charge in [0.25, 0.3) is 5.91 Å². The Morgan fingerprint density at radius 2 is 2.05 bits per heavy atom. The Morgan fingerprint density at radius 3 is 2.66 bits per heavy atom. The van der Waals surface area contributed by atoms with Crippen molar-refractivity contribution in [3.05, 3.63) is 54.6 Å². The van der Waals surface area contributed by atoms with E-state index in [9.17, 15) is 19.5 Å². The number of ether oxygens (including phenoxy) is 1. The van der Waals surface area contributed by atoms with Crippen LogP contribution in [-0.4, -0.2) is 69.6 Å². The summed E-state index contributed by atoms with van der Waals surface area (Å²) in [4.78, 5) is 45.5. The van der Waals surface area contributed by atoms with E-state index in [1.165, 1.54) is 6.08 Å². The minimum absolute atomic E-state index is 0.0121. The molecule has 0 saturated carbocycles. The average molecular weight is 561 g/mol. The van der Waals surface area contributed by atoms with Gasteiger partial charge in [-0.05, 0) is 30.4 Å². The predicted molar refractivity (Wildman–Crippen MR) is 151 cm³/mol. The van der Waals surface area contributed by atoms with Crippen molar-refractivity contribution in [3.8, 4) is 0 Å². The number of likely N-dealkylation sites (tertiary alicyclic amines) is 1. The predicted octanol–water partition coefficient (Wildman–Crippen LogP) is 4.33. The molecule has 7 nitrogen and oxygen atoms in total. The molecule has 4 rings (SSSR count). The molecule has 0 aliphatic carbocycles. The summed E-state index contributed by atoms with van der Waals surface area (Å²) in [6, 6.07) is 5.64. The van der Waals surface area contributed by atoms with Crippen LogP contribution >= 0.6 is 23.4 Å². The highest BCUT2D eigenvalue weighted by atomic mass is 35.5. The molecule has 3 unspecified atom stereocenters. The van der Waals surface area contributed by atoms with E-state index in [1.807, 2.05) is 19.9 Å². The van der Waals surface area contributed by atoms with E-state index < -0.39 is 34.6 Å². The number of hydrogen-bond donors (Lipinski definition) is 1. The third-order valence-corrected chi connectivity index (χ3v) is 11.0. The number of carbonyl (C=O) groups excluding carboxylic acids is 3. The lowest BCUT2D eigenvalue weighted by Crippen LogP contribution is -2.60. The maximum atomic E-state index is 14.7. The normalized spacial score (nSPS) is 31.0. The van der Waals surface area contributed by atoms with E-state index in [0.717, 1.165) is 0 Å². The topological polar surface area (TPSA) is 87.2 Å². The van der Waals surface area contributed by atoms with Crippen molar-refractivity contribution in [1.82, 2.24) is 4.90 Å². The molecule has 3 heterocycles. The summed E-state index contributed by atoms with van der Waals surface area (Å²) in [6.45, 7) is 13.5. The Balaban J connectivity index is 1.88. The number of hydrogen-bond acceptors (Lipinski definition) is 6. The lowest BCUT2D eigenvalue weighted by molar-refractivity contribution is -0.154. The van der Waals surface area contributed by atoms with Crippen LogP contribution in [0.4, 0.5) is 5.69 Å². The highest BCUT2D eigenvalue weighted by molar-refractivity contribution is 8.02. The fraction of sp³-hybridized carbons (Fsp3) is 0.552. The van der Waals surface area contributed by atoms with Crippen molar-refractivity contribution < 1.29 is 24.2 Å². The second kappa shape index (κ2) is 11.4. The first-order chi connectivity index (χ1) is 18.2. The maximum Gasteiger partial charge on any atom is 0.311 e. The van der Waals surface area contributed by atoms with E-state index in [4.69, 9.17) is 16.3 Å².